The Kier molecular flexibility index (Phi) is 5.58. The van der Waals surface area contributed by atoms with Crippen LogP contribution in [0.1, 0.15) is 19.8 Å². The highest BCUT2D eigenvalue weighted by molar-refractivity contribution is 9.10. The van der Waals surface area contributed by atoms with Crippen molar-refractivity contribution in [3.8, 4) is 5.75 Å². The van der Waals surface area contributed by atoms with E-state index in [-0.39, 0.29) is 24.3 Å². The van der Waals surface area contributed by atoms with Crippen LogP contribution < -0.4 is 10.5 Å². The molecule has 116 valence electrons. The summed E-state index contributed by atoms with van der Waals surface area (Å²) in [5.74, 6) is -0.189. The second-order valence-corrected chi connectivity index (χ2v) is 6.38. The van der Waals surface area contributed by atoms with Gasteiger partial charge in [0.05, 0.1) is 0 Å². The quantitative estimate of drug-likeness (QED) is 0.899. The van der Waals surface area contributed by atoms with Gasteiger partial charge in [-0.2, -0.15) is 0 Å². The van der Waals surface area contributed by atoms with E-state index in [1.165, 1.54) is 12.1 Å². The molecule has 2 rings (SSSR count). The molecule has 2 unspecified atom stereocenters. The normalized spacial score (nSPS) is 20.2. The number of hydrogen-bond acceptors (Lipinski definition) is 3. The minimum atomic E-state index is -0.482. The second-order valence-electron chi connectivity index (χ2n) is 5.46. The van der Waals surface area contributed by atoms with Crippen LogP contribution in [0.15, 0.2) is 22.7 Å². The Bertz CT molecular complexity index is 510. The van der Waals surface area contributed by atoms with Gasteiger partial charge in [0.15, 0.2) is 18.2 Å². The van der Waals surface area contributed by atoms with Gasteiger partial charge in [-0.3, -0.25) is 4.79 Å². The number of carbonyl (C=O) groups excluding carboxylic acids is 1. The summed E-state index contributed by atoms with van der Waals surface area (Å²) in [6.07, 6.45) is 1.99. The van der Waals surface area contributed by atoms with Crippen LogP contribution in [0.2, 0.25) is 0 Å². The van der Waals surface area contributed by atoms with Crippen LogP contribution in [-0.4, -0.2) is 36.5 Å². The third-order valence-corrected chi connectivity index (χ3v) is 4.29. The summed E-state index contributed by atoms with van der Waals surface area (Å²) in [6.45, 7) is 3.19. The number of likely N-dealkylation sites (tertiary alicyclic amines) is 1. The van der Waals surface area contributed by atoms with Gasteiger partial charge in [0.2, 0.25) is 0 Å². The zero-order valence-corrected chi connectivity index (χ0v) is 13.6. The first-order valence-electron chi connectivity index (χ1n) is 7.08. The summed E-state index contributed by atoms with van der Waals surface area (Å²) in [5, 5.41) is 0. The molecule has 0 saturated carbocycles. The minimum absolute atomic E-state index is 0.0745. The number of piperidine rings is 1. The van der Waals surface area contributed by atoms with Gasteiger partial charge in [0.1, 0.15) is 0 Å². The molecule has 1 aromatic carbocycles. The predicted octanol–water partition coefficient (Wildman–Crippen LogP) is 2.55. The lowest BCUT2D eigenvalue weighted by molar-refractivity contribution is -0.135. The van der Waals surface area contributed by atoms with Crippen molar-refractivity contribution in [2.45, 2.75) is 25.8 Å². The number of carbonyl (C=O) groups is 1. The van der Waals surface area contributed by atoms with E-state index in [0.717, 1.165) is 12.8 Å². The number of ether oxygens (including phenoxy) is 1. The summed E-state index contributed by atoms with van der Waals surface area (Å²) in [6, 6.07) is 4.57. The molecule has 1 amide bonds. The van der Waals surface area contributed by atoms with E-state index in [2.05, 4.69) is 15.9 Å². The van der Waals surface area contributed by atoms with Crippen LogP contribution in [-0.2, 0) is 4.79 Å². The van der Waals surface area contributed by atoms with Crippen LogP contribution in [0.4, 0.5) is 4.39 Å². The highest BCUT2D eigenvalue weighted by Crippen LogP contribution is 2.22. The molecule has 4 nitrogen and oxygen atoms in total. The highest BCUT2D eigenvalue weighted by Gasteiger charge is 2.26. The second kappa shape index (κ2) is 7.22. The summed E-state index contributed by atoms with van der Waals surface area (Å²) >= 11 is 3.18. The molecule has 1 aliphatic rings. The molecule has 2 atom stereocenters. The van der Waals surface area contributed by atoms with Crippen molar-refractivity contribution >= 4 is 21.8 Å². The lowest BCUT2D eigenvalue weighted by Gasteiger charge is -2.34. The first-order valence-corrected chi connectivity index (χ1v) is 7.88. The molecule has 1 aromatic rings. The van der Waals surface area contributed by atoms with E-state index in [9.17, 15) is 9.18 Å². The summed E-state index contributed by atoms with van der Waals surface area (Å²) in [7, 11) is 0. The first kappa shape index (κ1) is 16.2. The lowest BCUT2D eigenvalue weighted by atomic mass is 9.92. The van der Waals surface area contributed by atoms with Gasteiger partial charge in [-0.1, -0.05) is 15.9 Å². The van der Waals surface area contributed by atoms with E-state index in [1.807, 2.05) is 6.92 Å². The molecule has 0 spiro atoms. The Morgan fingerprint density at radius 3 is 3.05 bits per heavy atom. The number of hydrogen-bond donors (Lipinski definition) is 1. The van der Waals surface area contributed by atoms with Crippen molar-refractivity contribution in [1.29, 1.82) is 0 Å². The third-order valence-electron chi connectivity index (χ3n) is 3.80. The van der Waals surface area contributed by atoms with Crippen molar-refractivity contribution in [1.82, 2.24) is 4.90 Å². The van der Waals surface area contributed by atoms with Crippen molar-refractivity contribution in [2.24, 2.45) is 11.7 Å². The number of amides is 1. The number of nitrogens with zero attached hydrogens (tertiary/aromatic N) is 1. The van der Waals surface area contributed by atoms with Crippen LogP contribution in [0.25, 0.3) is 0 Å². The fourth-order valence-corrected chi connectivity index (χ4v) is 2.82. The maximum absolute atomic E-state index is 13.6. The molecule has 0 aliphatic carbocycles. The average Bonchev–Trinajstić information content (AvgIpc) is 2.46. The monoisotopic (exact) mass is 358 g/mol. The molecule has 2 N–H and O–H groups in total. The molecule has 21 heavy (non-hydrogen) atoms. The molecule has 0 aromatic heterocycles. The van der Waals surface area contributed by atoms with Crippen LogP contribution in [0.3, 0.4) is 0 Å². The Morgan fingerprint density at radius 2 is 2.38 bits per heavy atom. The van der Waals surface area contributed by atoms with Gasteiger partial charge < -0.3 is 15.4 Å². The zero-order valence-electron chi connectivity index (χ0n) is 12.0. The van der Waals surface area contributed by atoms with Crippen molar-refractivity contribution in [3.05, 3.63) is 28.5 Å². The molecule has 6 heteroatoms. The van der Waals surface area contributed by atoms with Crippen molar-refractivity contribution in [2.75, 3.05) is 19.7 Å². The zero-order chi connectivity index (χ0) is 15.4. The fraction of sp³-hybridized carbons (Fsp3) is 0.533. The van der Waals surface area contributed by atoms with E-state index in [0.29, 0.717) is 23.5 Å². The van der Waals surface area contributed by atoms with Crippen molar-refractivity contribution in [3.63, 3.8) is 0 Å². The van der Waals surface area contributed by atoms with Gasteiger partial charge in [-0.05, 0) is 43.9 Å². The standard InChI is InChI=1S/C15H20BrFN2O2/c1-10(18)11-3-2-6-19(8-11)15(20)9-21-14-5-4-12(16)7-13(14)17/h4-5,7,10-11H,2-3,6,8-9,18H2,1H3. The summed E-state index contributed by atoms with van der Waals surface area (Å²) in [5.41, 5.74) is 5.91. The largest absolute Gasteiger partial charge is 0.481 e. The Labute approximate surface area is 132 Å². The first-order chi connectivity index (χ1) is 9.97. The van der Waals surface area contributed by atoms with Gasteiger partial charge in [0.25, 0.3) is 5.91 Å². The van der Waals surface area contributed by atoms with Crippen LogP contribution >= 0.6 is 15.9 Å². The van der Waals surface area contributed by atoms with Crippen LogP contribution in [0, 0.1) is 11.7 Å². The Hall–Kier alpha value is -1.14. The Morgan fingerprint density at radius 1 is 1.62 bits per heavy atom. The van der Waals surface area contributed by atoms with E-state index < -0.39 is 5.82 Å². The number of halogens is 2. The number of rotatable bonds is 4. The van der Waals surface area contributed by atoms with E-state index >= 15 is 0 Å². The van der Waals surface area contributed by atoms with E-state index in [4.69, 9.17) is 10.5 Å². The molecule has 0 radical (unpaired) electrons. The molecule has 1 aliphatic heterocycles. The number of nitrogens with two attached hydrogens (primary N) is 1. The van der Waals surface area contributed by atoms with Crippen molar-refractivity contribution < 1.29 is 13.9 Å². The molecule has 0 bridgehead atoms. The van der Waals surface area contributed by atoms with Gasteiger partial charge in [-0.15, -0.1) is 0 Å². The minimum Gasteiger partial charge on any atom is -0.481 e. The SMILES string of the molecule is CC(N)C1CCCN(C(=O)COc2ccc(Br)cc2F)C1. The lowest BCUT2D eigenvalue weighted by Crippen LogP contribution is -2.46. The highest BCUT2D eigenvalue weighted by atomic mass is 79.9. The smallest absolute Gasteiger partial charge is 0.260 e. The third kappa shape index (κ3) is 4.41. The maximum Gasteiger partial charge on any atom is 0.260 e. The average molecular weight is 359 g/mol. The maximum atomic E-state index is 13.6. The number of benzene rings is 1. The molecule has 1 heterocycles. The van der Waals surface area contributed by atoms with Crippen LogP contribution in [0.5, 0.6) is 5.75 Å². The van der Waals surface area contributed by atoms with Gasteiger partial charge in [-0.25, -0.2) is 4.39 Å². The molecular weight excluding hydrogens is 339 g/mol. The Balaban J connectivity index is 1.89. The molecular formula is C15H20BrFN2O2. The predicted molar refractivity (Wildman–Crippen MR) is 82.5 cm³/mol. The topological polar surface area (TPSA) is 55.6 Å². The fourth-order valence-electron chi connectivity index (χ4n) is 2.49. The van der Waals surface area contributed by atoms with Gasteiger partial charge in [0, 0.05) is 23.6 Å². The molecule has 1 saturated heterocycles. The summed E-state index contributed by atoms with van der Waals surface area (Å²) < 4.78 is 19.5. The molecule has 1 fully saturated rings. The van der Waals surface area contributed by atoms with Gasteiger partial charge >= 0.3 is 0 Å². The summed E-state index contributed by atoms with van der Waals surface area (Å²) in [4.78, 5) is 13.9. The van der Waals surface area contributed by atoms with E-state index in [1.54, 1.807) is 11.0 Å².